The minimum absolute atomic E-state index is 0.0369. The standard InChI is InChI=1S/C14H12N2O4/c1-16-10(13-9(14(17)18)7-15-20-13)6-8-4-3-5-11(19-2)12(8)16/h3-7H,1-2H3,(H,17,18). The Labute approximate surface area is 114 Å². The molecule has 0 fully saturated rings. The van der Waals surface area contributed by atoms with Gasteiger partial charge in [-0.15, -0.1) is 0 Å². The summed E-state index contributed by atoms with van der Waals surface area (Å²) in [6, 6.07) is 7.51. The summed E-state index contributed by atoms with van der Waals surface area (Å²) < 4.78 is 12.3. The Balaban J connectivity index is 2.30. The number of carboxylic acid groups (broad SMARTS) is 1. The van der Waals surface area contributed by atoms with Crippen molar-refractivity contribution in [3.63, 3.8) is 0 Å². The monoisotopic (exact) mass is 272 g/mol. The normalized spacial score (nSPS) is 10.9. The molecule has 3 aromatic rings. The number of aromatic carboxylic acids is 1. The van der Waals surface area contributed by atoms with E-state index in [0.29, 0.717) is 11.4 Å². The van der Waals surface area contributed by atoms with Gasteiger partial charge < -0.3 is 18.9 Å². The molecule has 2 aromatic heterocycles. The number of rotatable bonds is 3. The number of nitrogens with zero attached hydrogens (tertiary/aromatic N) is 2. The first-order valence-corrected chi connectivity index (χ1v) is 5.94. The number of carboxylic acids is 1. The molecule has 3 rings (SSSR count). The van der Waals surface area contributed by atoms with Gasteiger partial charge in [-0.1, -0.05) is 17.3 Å². The number of benzene rings is 1. The van der Waals surface area contributed by atoms with Gasteiger partial charge in [0.2, 0.25) is 0 Å². The predicted octanol–water partition coefficient (Wildman–Crippen LogP) is 2.54. The third-order valence-electron chi connectivity index (χ3n) is 3.27. The zero-order valence-electron chi connectivity index (χ0n) is 11.0. The number of fused-ring (bicyclic) bond motifs is 1. The summed E-state index contributed by atoms with van der Waals surface area (Å²) in [5, 5.41) is 13.7. The van der Waals surface area contributed by atoms with Gasteiger partial charge in [0.25, 0.3) is 0 Å². The molecule has 0 aliphatic heterocycles. The smallest absolute Gasteiger partial charge is 0.341 e. The molecule has 1 N–H and O–H groups in total. The Kier molecular flexibility index (Phi) is 2.71. The Morgan fingerprint density at radius 2 is 2.25 bits per heavy atom. The molecule has 0 saturated heterocycles. The average molecular weight is 272 g/mol. The Morgan fingerprint density at radius 1 is 1.45 bits per heavy atom. The minimum Gasteiger partial charge on any atom is -0.495 e. The van der Waals surface area contributed by atoms with Crippen LogP contribution in [0, 0.1) is 0 Å². The lowest BCUT2D eigenvalue weighted by Crippen LogP contribution is -1.99. The van der Waals surface area contributed by atoms with Crippen LogP contribution in [0.3, 0.4) is 0 Å². The van der Waals surface area contributed by atoms with Gasteiger partial charge in [-0.05, 0) is 12.1 Å². The highest BCUT2D eigenvalue weighted by atomic mass is 16.5. The minimum atomic E-state index is -1.07. The van der Waals surface area contributed by atoms with Crippen molar-refractivity contribution in [2.24, 2.45) is 7.05 Å². The third kappa shape index (κ3) is 1.65. The van der Waals surface area contributed by atoms with Crippen molar-refractivity contribution in [3.05, 3.63) is 36.0 Å². The van der Waals surface area contributed by atoms with E-state index >= 15 is 0 Å². The van der Waals surface area contributed by atoms with Crippen LogP contribution >= 0.6 is 0 Å². The SMILES string of the molecule is COc1cccc2cc(-c3oncc3C(=O)O)n(C)c12. The quantitative estimate of drug-likeness (QED) is 0.792. The molecule has 0 bridgehead atoms. The fraction of sp³-hybridized carbons (Fsp3) is 0.143. The summed E-state index contributed by atoms with van der Waals surface area (Å²) in [5.74, 6) is -0.121. The van der Waals surface area contributed by atoms with Gasteiger partial charge in [-0.3, -0.25) is 0 Å². The molecule has 20 heavy (non-hydrogen) atoms. The van der Waals surface area contributed by atoms with Crippen LogP contribution in [0.1, 0.15) is 10.4 Å². The maximum Gasteiger partial charge on any atom is 0.341 e. The lowest BCUT2D eigenvalue weighted by atomic mass is 10.2. The molecule has 0 spiro atoms. The highest BCUT2D eigenvalue weighted by Gasteiger charge is 2.21. The number of methoxy groups -OCH3 is 1. The largest absolute Gasteiger partial charge is 0.495 e. The maximum atomic E-state index is 11.2. The van der Waals surface area contributed by atoms with Crippen molar-refractivity contribution >= 4 is 16.9 Å². The van der Waals surface area contributed by atoms with Crippen LogP contribution in [0.5, 0.6) is 5.75 Å². The highest BCUT2D eigenvalue weighted by molar-refractivity contribution is 5.97. The second-order valence-corrected chi connectivity index (χ2v) is 4.36. The Hall–Kier alpha value is -2.76. The number of aryl methyl sites for hydroxylation is 1. The molecular weight excluding hydrogens is 260 g/mol. The second kappa shape index (κ2) is 4.41. The van der Waals surface area contributed by atoms with E-state index in [0.717, 1.165) is 10.9 Å². The van der Waals surface area contributed by atoms with Crippen molar-refractivity contribution in [1.82, 2.24) is 9.72 Å². The van der Waals surface area contributed by atoms with Crippen LogP contribution < -0.4 is 4.74 Å². The fourth-order valence-electron chi connectivity index (χ4n) is 2.34. The molecule has 6 nitrogen and oxygen atoms in total. The van der Waals surface area contributed by atoms with Crippen LogP contribution in [0.4, 0.5) is 0 Å². The zero-order valence-corrected chi connectivity index (χ0v) is 11.0. The summed E-state index contributed by atoms with van der Waals surface area (Å²) in [4.78, 5) is 11.2. The summed E-state index contributed by atoms with van der Waals surface area (Å²) in [6.07, 6.45) is 1.20. The molecule has 0 amide bonds. The Morgan fingerprint density at radius 3 is 2.95 bits per heavy atom. The van der Waals surface area contributed by atoms with Gasteiger partial charge in [0, 0.05) is 12.4 Å². The molecule has 0 atom stereocenters. The number of carbonyl (C=O) groups is 1. The van der Waals surface area contributed by atoms with Crippen LogP contribution in [0.15, 0.2) is 35.0 Å². The van der Waals surface area contributed by atoms with Gasteiger partial charge in [0.15, 0.2) is 5.76 Å². The average Bonchev–Trinajstić information content (AvgIpc) is 3.03. The highest BCUT2D eigenvalue weighted by Crippen LogP contribution is 2.33. The maximum absolute atomic E-state index is 11.2. The number of hydrogen-bond donors (Lipinski definition) is 1. The Bertz CT molecular complexity index is 801. The van der Waals surface area contributed by atoms with Crippen LogP contribution in [0.2, 0.25) is 0 Å². The summed E-state index contributed by atoms with van der Waals surface area (Å²) in [5.41, 5.74) is 1.55. The molecular formula is C14H12N2O4. The van der Waals surface area contributed by atoms with Crippen molar-refractivity contribution in [2.75, 3.05) is 7.11 Å². The predicted molar refractivity (Wildman–Crippen MR) is 71.9 cm³/mol. The third-order valence-corrected chi connectivity index (χ3v) is 3.27. The van der Waals surface area contributed by atoms with E-state index in [4.69, 9.17) is 14.4 Å². The van der Waals surface area contributed by atoms with E-state index < -0.39 is 5.97 Å². The first-order chi connectivity index (χ1) is 9.63. The molecule has 0 aliphatic carbocycles. The molecule has 0 unspecified atom stereocenters. The van der Waals surface area contributed by atoms with E-state index in [2.05, 4.69) is 5.16 Å². The zero-order chi connectivity index (χ0) is 14.3. The fourth-order valence-corrected chi connectivity index (χ4v) is 2.34. The van der Waals surface area contributed by atoms with Gasteiger partial charge in [0.1, 0.15) is 11.3 Å². The van der Waals surface area contributed by atoms with Crippen LogP contribution in [-0.2, 0) is 7.05 Å². The van der Waals surface area contributed by atoms with Crippen molar-refractivity contribution in [3.8, 4) is 17.2 Å². The van der Waals surface area contributed by atoms with Gasteiger partial charge >= 0.3 is 5.97 Å². The van der Waals surface area contributed by atoms with Crippen LogP contribution in [0.25, 0.3) is 22.4 Å². The molecule has 0 saturated carbocycles. The van der Waals surface area contributed by atoms with Gasteiger partial charge in [-0.25, -0.2) is 4.79 Å². The summed E-state index contributed by atoms with van der Waals surface area (Å²) >= 11 is 0. The van der Waals surface area contributed by atoms with E-state index in [1.165, 1.54) is 6.20 Å². The van der Waals surface area contributed by atoms with Gasteiger partial charge in [-0.2, -0.15) is 0 Å². The lowest BCUT2D eigenvalue weighted by Gasteiger charge is -2.06. The first kappa shape index (κ1) is 12.3. The van der Waals surface area contributed by atoms with E-state index in [9.17, 15) is 4.79 Å². The topological polar surface area (TPSA) is 77.5 Å². The molecule has 1 aromatic carbocycles. The molecule has 2 heterocycles. The first-order valence-electron chi connectivity index (χ1n) is 5.94. The van der Waals surface area contributed by atoms with E-state index in [-0.39, 0.29) is 11.3 Å². The number of aromatic nitrogens is 2. The van der Waals surface area contributed by atoms with Gasteiger partial charge in [0.05, 0.1) is 24.5 Å². The van der Waals surface area contributed by atoms with E-state index in [1.54, 1.807) is 7.11 Å². The summed E-state index contributed by atoms with van der Waals surface area (Å²) in [6.45, 7) is 0. The van der Waals surface area contributed by atoms with Crippen LogP contribution in [-0.4, -0.2) is 27.9 Å². The molecule has 0 radical (unpaired) electrons. The molecule has 0 aliphatic rings. The second-order valence-electron chi connectivity index (χ2n) is 4.36. The van der Waals surface area contributed by atoms with Crippen molar-refractivity contribution in [2.45, 2.75) is 0 Å². The van der Waals surface area contributed by atoms with Crippen molar-refractivity contribution in [1.29, 1.82) is 0 Å². The number of para-hydroxylation sites is 1. The van der Waals surface area contributed by atoms with E-state index in [1.807, 2.05) is 35.9 Å². The molecule has 102 valence electrons. The lowest BCUT2D eigenvalue weighted by molar-refractivity contribution is 0.0697. The summed E-state index contributed by atoms with van der Waals surface area (Å²) in [7, 11) is 3.42. The number of ether oxygens (including phenoxy) is 1. The van der Waals surface area contributed by atoms with Crippen molar-refractivity contribution < 1.29 is 19.2 Å². The molecule has 6 heteroatoms. The number of hydrogen-bond acceptors (Lipinski definition) is 4.